The molecule has 5 heterocycles. The zero-order chi connectivity index (χ0) is 26.1. The zero-order valence-corrected chi connectivity index (χ0v) is 21.0. The van der Waals surface area contributed by atoms with Crippen LogP contribution in [0.25, 0.3) is 50.0 Å². The Morgan fingerprint density at radius 2 is 1.95 bits per heavy atom. The first-order valence-corrected chi connectivity index (χ1v) is 12.7. The molecule has 1 amide bonds. The molecule has 38 heavy (non-hydrogen) atoms. The molecular weight excluding hydrogens is 474 g/mol. The molecule has 3 N–H and O–H groups in total. The third kappa shape index (κ3) is 4.30. The lowest BCUT2D eigenvalue weighted by molar-refractivity contribution is -0.126. The van der Waals surface area contributed by atoms with Crippen molar-refractivity contribution in [3.63, 3.8) is 0 Å². The molecule has 0 bridgehead atoms. The van der Waals surface area contributed by atoms with Crippen molar-refractivity contribution in [2.75, 3.05) is 0 Å². The Morgan fingerprint density at radius 3 is 2.68 bits per heavy atom. The monoisotopic (exact) mass is 501 g/mol. The summed E-state index contributed by atoms with van der Waals surface area (Å²) in [6.07, 6.45) is 15.7. The summed E-state index contributed by atoms with van der Waals surface area (Å²) >= 11 is 0. The summed E-state index contributed by atoms with van der Waals surface area (Å²) in [4.78, 5) is 29.5. The minimum absolute atomic E-state index is 0.0531. The Hall–Kier alpha value is -4.85. The standard InChI is InChI=1S/C30H27N7O/c1-3-18(13-21(4-2)34-30(38)19-7-5-8-19)25-14-23-27(17-33-25)36-37-29(23)26-15-22-24(35-26)10-12-32-28(22)20-9-6-11-31-16-20/h3-4,6,9-17,19,35H,2,5,7-8H2,1H3,(H,34,38)(H,36,37)/b18-3+,21-13+. The topological polar surface area (TPSA) is 112 Å². The van der Waals surface area contributed by atoms with Gasteiger partial charge >= 0.3 is 0 Å². The van der Waals surface area contributed by atoms with Gasteiger partial charge < -0.3 is 10.3 Å². The van der Waals surface area contributed by atoms with Crippen LogP contribution < -0.4 is 5.32 Å². The second-order valence-corrected chi connectivity index (χ2v) is 9.40. The first-order chi connectivity index (χ1) is 18.6. The Balaban J connectivity index is 1.37. The first kappa shape index (κ1) is 23.5. The van der Waals surface area contributed by atoms with Crippen molar-refractivity contribution in [2.24, 2.45) is 5.92 Å². The molecule has 0 aromatic carbocycles. The molecule has 1 aliphatic rings. The number of nitrogens with zero attached hydrogens (tertiary/aromatic N) is 4. The van der Waals surface area contributed by atoms with Gasteiger partial charge in [-0.15, -0.1) is 0 Å². The van der Waals surface area contributed by atoms with Crippen LogP contribution in [-0.2, 0) is 4.79 Å². The minimum Gasteiger partial charge on any atom is -0.353 e. The molecule has 6 rings (SSSR count). The van der Waals surface area contributed by atoms with Crippen LogP contribution in [0.3, 0.4) is 0 Å². The zero-order valence-electron chi connectivity index (χ0n) is 21.0. The van der Waals surface area contributed by atoms with Gasteiger partial charge in [0.05, 0.1) is 28.8 Å². The molecule has 5 aromatic rings. The van der Waals surface area contributed by atoms with E-state index in [9.17, 15) is 4.79 Å². The number of H-pyrrole nitrogens is 2. The molecule has 0 unspecified atom stereocenters. The van der Waals surface area contributed by atoms with E-state index in [0.717, 1.165) is 75.0 Å². The molecule has 1 fully saturated rings. The summed E-state index contributed by atoms with van der Waals surface area (Å²) in [5, 5.41) is 12.6. The van der Waals surface area contributed by atoms with E-state index in [-0.39, 0.29) is 11.8 Å². The smallest absolute Gasteiger partial charge is 0.227 e. The number of rotatable bonds is 7. The van der Waals surface area contributed by atoms with Crippen molar-refractivity contribution >= 4 is 33.3 Å². The Morgan fingerprint density at radius 1 is 1.08 bits per heavy atom. The van der Waals surface area contributed by atoms with Crippen molar-refractivity contribution in [3.05, 3.63) is 91.3 Å². The number of nitrogens with one attached hydrogen (secondary N) is 3. The SMILES string of the molecule is C=C/C(=C\C(=C/C)c1cc2c(-c3cc4c(-c5cccnc5)nccc4[nH]3)n[nH]c2cn1)NC(=O)C1CCC1. The highest BCUT2D eigenvalue weighted by Crippen LogP contribution is 2.33. The summed E-state index contributed by atoms with van der Waals surface area (Å²) < 4.78 is 0. The lowest BCUT2D eigenvalue weighted by atomic mass is 9.85. The molecule has 0 radical (unpaired) electrons. The van der Waals surface area contributed by atoms with Crippen molar-refractivity contribution in [3.8, 4) is 22.6 Å². The van der Waals surface area contributed by atoms with E-state index in [1.54, 1.807) is 24.7 Å². The average Bonchev–Trinajstić information content (AvgIpc) is 3.54. The van der Waals surface area contributed by atoms with Gasteiger partial charge in [0.2, 0.25) is 5.91 Å². The maximum atomic E-state index is 12.5. The van der Waals surface area contributed by atoms with Crippen molar-refractivity contribution < 1.29 is 4.79 Å². The number of carbonyl (C=O) groups is 1. The number of pyridine rings is 3. The summed E-state index contributed by atoms with van der Waals surface area (Å²) in [5.41, 5.74) is 7.59. The van der Waals surface area contributed by atoms with E-state index in [4.69, 9.17) is 0 Å². The molecule has 0 saturated heterocycles. The first-order valence-electron chi connectivity index (χ1n) is 12.7. The van der Waals surface area contributed by atoms with E-state index in [1.807, 2.05) is 49.5 Å². The number of aromatic nitrogens is 6. The number of hydrogen-bond donors (Lipinski definition) is 3. The summed E-state index contributed by atoms with van der Waals surface area (Å²) in [6, 6.07) is 9.95. The molecule has 0 spiro atoms. The molecule has 188 valence electrons. The number of aromatic amines is 2. The molecule has 0 aliphatic heterocycles. The number of amides is 1. The van der Waals surface area contributed by atoms with Gasteiger partial charge in [0, 0.05) is 52.1 Å². The summed E-state index contributed by atoms with van der Waals surface area (Å²) in [5.74, 6) is 0.151. The normalized spacial score (nSPS) is 14.6. The van der Waals surface area contributed by atoms with Crippen molar-refractivity contribution in [2.45, 2.75) is 26.2 Å². The highest BCUT2D eigenvalue weighted by Gasteiger charge is 2.25. The fourth-order valence-corrected chi connectivity index (χ4v) is 4.73. The molecule has 1 saturated carbocycles. The van der Waals surface area contributed by atoms with Gasteiger partial charge in [-0.3, -0.25) is 24.8 Å². The van der Waals surface area contributed by atoms with Crippen LogP contribution >= 0.6 is 0 Å². The lowest BCUT2D eigenvalue weighted by Gasteiger charge is -2.24. The van der Waals surface area contributed by atoms with Crippen LogP contribution in [0.2, 0.25) is 0 Å². The predicted octanol–water partition coefficient (Wildman–Crippen LogP) is 5.95. The molecule has 0 atom stereocenters. The quantitative estimate of drug-likeness (QED) is 0.239. The minimum atomic E-state index is 0.0531. The van der Waals surface area contributed by atoms with Gasteiger partial charge in [0.1, 0.15) is 5.69 Å². The van der Waals surface area contributed by atoms with Crippen molar-refractivity contribution in [1.29, 1.82) is 0 Å². The Labute approximate surface area is 219 Å². The second-order valence-electron chi connectivity index (χ2n) is 9.40. The van der Waals surface area contributed by atoms with Crippen LogP contribution in [0.1, 0.15) is 31.9 Å². The third-order valence-electron chi connectivity index (χ3n) is 7.07. The summed E-state index contributed by atoms with van der Waals surface area (Å²) in [7, 11) is 0. The van der Waals surface area contributed by atoms with Crippen LogP contribution in [-0.4, -0.2) is 36.0 Å². The molecule has 1 aliphatic carbocycles. The van der Waals surface area contributed by atoms with Gasteiger partial charge in [-0.25, -0.2) is 0 Å². The molecule has 5 aromatic heterocycles. The summed E-state index contributed by atoms with van der Waals surface area (Å²) in [6.45, 7) is 5.84. The maximum Gasteiger partial charge on any atom is 0.227 e. The maximum absolute atomic E-state index is 12.5. The number of fused-ring (bicyclic) bond motifs is 2. The third-order valence-corrected chi connectivity index (χ3v) is 7.07. The fraction of sp³-hybridized carbons (Fsp3) is 0.167. The highest BCUT2D eigenvalue weighted by molar-refractivity contribution is 6.00. The van der Waals surface area contributed by atoms with Crippen LogP contribution in [0.5, 0.6) is 0 Å². The number of hydrogen-bond acceptors (Lipinski definition) is 5. The van der Waals surface area contributed by atoms with Gasteiger partial charge in [0.25, 0.3) is 0 Å². The van der Waals surface area contributed by atoms with E-state index in [0.29, 0.717) is 5.70 Å². The van der Waals surface area contributed by atoms with Gasteiger partial charge in [0.15, 0.2) is 0 Å². The second kappa shape index (κ2) is 9.89. The number of allylic oxidation sites excluding steroid dienone is 4. The van der Waals surface area contributed by atoms with E-state index >= 15 is 0 Å². The molecule has 8 nitrogen and oxygen atoms in total. The van der Waals surface area contributed by atoms with Gasteiger partial charge in [-0.05, 0) is 67.8 Å². The molecular formula is C30H27N7O. The average molecular weight is 502 g/mol. The van der Waals surface area contributed by atoms with Crippen LogP contribution in [0.15, 0.2) is 85.6 Å². The van der Waals surface area contributed by atoms with Gasteiger partial charge in [-0.1, -0.05) is 19.1 Å². The van der Waals surface area contributed by atoms with Crippen molar-refractivity contribution in [1.82, 2.24) is 35.5 Å². The fourth-order valence-electron chi connectivity index (χ4n) is 4.73. The lowest BCUT2D eigenvalue weighted by Crippen LogP contribution is -2.33. The van der Waals surface area contributed by atoms with E-state index in [2.05, 4.69) is 48.1 Å². The number of carbonyl (C=O) groups excluding carboxylic acids is 1. The Bertz CT molecular complexity index is 1720. The van der Waals surface area contributed by atoms with Crippen LogP contribution in [0.4, 0.5) is 0 Å². The predicted molar refractivity (Wildman–Crippen MR) is 150 cm³/mol. The van der Waals surface area contributed by atoms with E-state index in [1.165, 1.54) is 0 Å². The largest absolute Gasteiger partial charge is 0.353 e. The highest BCUT2D eigenvalue weighted by atomic mass is 16.1. The molecule has 8 heteroatoms. The van der Waals surface area contributed by atoms with E-state index < -0.39 is 0 Å². The Kier molecular flexibility index (Phi) is 6.13. The van der Waals surface area contributed by atoms with Crippen LogP contribution in [0, 0.1) is 5.92 Å². The van der Waals surface area contributed by atoms with Gasteiger partial charge in [-0.2, -0.15) is 5.10 Å².